The van der Waals surface area contributed by atoms with E-state index in [1.165, 1.54) is 32.1 Å². The standard InChI is InChI=1S/C15H26O2/c1-15(16-2,17-3)13-9-5-8-12-14-10-6-4-7-11-14/h14H,4-7,9-11,13H2,1-3H3. The van der Waals surface area contributed by atoms with Crippen LogP contribution in [0.4, 0.5) is 0 Å². The van der Waals surface area contributed by atoms with Gasteiger partial charge >= 0.3 is 0 Å². The van der Waals surface area contributed by atoms with Crippen LogP contribution in [0.3, 0.4) is 0 Å². The predicted octanol–water partition coefficient (Wildman–Crippen LogP) is 3.75. The number of methoxy groups -OCH3 is 2. The topological polar surface area (TPSA) is 18.5 Å². The fourth-order valence-electron chi connectivity index (χ4n) is 2.25. The van der Waals surface area contributed by atoms with Crippen LogP contribution in [-0.2, 0) is 9.47 Å². The van der Waals surface area contributed by atoms with Crippen molar-refractivity contribution in [2.45, 2.75) is 64.1 Å². The van der Waals surface area contributed by atoms with E-state index in [1.54, 1.807) is 14.2 Å². The molecule has 0 saturated heterocycles. The molecule has 2 nitrogen and oxygen atoms in total. The highest BCUT2D eigenvalue weighted by Crippen LogP contribution is 2.23. The van der Waals surface area contributed by atoms with Crippen molar-refractivity contribution in [2.24, 2.45) is 5.92 Å². The van der Waals surface area contributed by atoms with E-state index in [0.717, 1.165) is 19.3 Å². The molecule has 0 aromatic rings. The van der Waals surface area contributed by atoms with Gasteiger partial charge < -0.3 is 9.47 Å². The Hall–Kier alpha value is -0.520. The van der Waals surface area contributed by atoms with Crippen molar-refractivity contribution < 1.29 is 9.47 Å². The second kappa shape index (κ2) is 7.74. The second-order valence-electron chi connectivity index (χ2n) is 5.05. The van der Waals surface area contributed by atoms with Gasteiger partial charge in [0.25, 0.3) is 0 Å². The van der Waals surface area contributed by atoms with Gasteiger partial charge in [-0.3, -0.25) is 0 Å². The zero-order chi connectivity index (χ0) is 12.6. The Labute approximate surface area is 106 Å². The molecule has 0 bridgehead atoms. The number of hydrogen-bond donors (Lipinski definition) is 0. The lowest BCUT2D eigenvalue weighted by molar-refractivity contribution is -0.197. The summed E-state index contributed by atoms with van der Waals surface area (Å²) in [6, 6.07) is 0. The Kier molecular flexibility index (Phi) is 6.62. The lowest BCUT2D eigenvalue weighted by Crippen LogP contribution is -2.29. The summed E-state index contributed by atoms with van der Waals surface area (Å²) >= 11 is 0. The smallest absolute Gasteiger partial charge is 0.164 e. The van der Waals surface area contributed by atoms with Gasteiger partial charge in [-0.05, 0) is 26.2 Å². The predicted molar refractivity (Wildman–Crippen MR) is 70.6 cm³/mol. The van der Waals surface area contributed by atoms with Crippen LogP contribution in [0.15, 0.2) is 0 Å². The number of ether oxygens (including phenoxy) is 2. The molecule has 0 heterocycles. The van der Waals surface area contributed by atoms with Crippen LogP contribution in [0.25, 0.3) is 0 Å². The average molecular weight is 238 g/mol. The molecule has 0 amide bonds. The molecule has 1 aliphatic carbocycles. The molecule has 1 fully saturated rings. The summed E-state index contributed by atoms with van der Waals surface area (Å²) in [5.74, 6) is 6.96. The first-order valence-corrected chi connectivity index (χ1v) is 6.79. The fraction of sp³-hybridized carbons (Fsp3) is 0.867. The van der Waals surface area contributed by atoms with E-state index in [-0.39, 0.29) is 0 Å². The number of rotatable bonds is 5. The van der Waals surface area contributed by atoms with Crippen LogP contribution in [0.1, 0.15) is 58.3 Å². The molecular formula is C15H26O2. The van der Waals surface area contributed by atoms with E-state index in [4.69, 9.17) is 9.47 Å². The van der Waals surface area contributed by atoms with Gasteiger partial charge in [-0.1, -0.05) is 25.2 Å². The minimum absolute atomic E-state index is 0.438. The lowest BCUT2D eigenvalue weighted by atomic mass is 9.90. The molecule has 2 heteroatoms. The van der Waals surface area contributed by atoms with Crippen molar-refractivity contribution in [1.82, 2.24) is 0 Å². The van der Waals surface area contributed by atoms with Crippen LogP contribution in [-0.4, -0.2) is 20.0 Å². The normalized spacial score (nSPS) is 17.6. The SMILES string of the molecule is COC(C)(CCCC#CC1CCCCC1)OC. The van der Waals surface area contributed by atoms with Crippen LogP contribution in [0.2, 0.25) is 0 Å². The van der Waals surface area contributed by atoms with Crippen molar-refractivity contribution in [2.75, 3.05) is 14.2 Å². The molecule has 0 aliphatic heterocycles. The van der Waals surface area contributed by atoms with Gasteiger partial charge in [-0.2, -0.15) is 0 Å². The molecule has 0 aromatic carbocycles. The van der Waals surface area contributed by atoms with Crippen molar-refractivity contribution in [3.63, 3.8) is 0 Å². The number of unbranched alkanes of at least 4 members (excludes halogenated alkanes) is 1. The van der Waals surface area contributed by atoms with Gasteiger partial charge in [0.15, 0.2) is 5.79 Å². The fourth-order valence-corrected chi connectivity index (χ4v) is 2.25. The van der Waals surface area contributed by atoms with Crippen LogP contribution >= 0.6 is 0 Å². The largest absolute Gasteiger partial charge is 0.353 e. The summed E-state index contributed by atoms with van der Waals surface area (Å²) in [4.78, 5) is 0. The summed E-state index contributed by atoms with van der Waals surface area (Å²) < 4.78 is 10.6. The maximum atomic E-state index is 5.31. The van der Waals surface area contributed by atoms with E-state index in [9.17, 15) is 0 Å². The first-order chi connectivity index (χ1) is 8.20. The molecule has 98 valence electrons. The Morgan fingerprint density at radius 1 is 1.12 bits per heavy atom. The minimum atomic E-state index is -0.438. The Bertz CT molecular complexity index is 252. The van der Waals surface area contributed by atoms with Gasteiger partial charge in [-0.25, -0.2) is 0 Å². The summed E-state index contributed by atoms with van der Waals surface area (Å²) in [6.45, 7) is 1.97. The van der Waals surface area contributed by atoms with Crippen molar-refractivity contribution >= 4 is 0 Å². The van der Waals surface area contributed by atoms with Gasteiger partial charge in [0.1, 0.15) is 0 Å². The van der Waals surface area contributed by atoms with Gasteiger partial charge in [0, 0.05) is 33.0 Å². The first kappa shape index (κ1) is 14.5. The third-order valence-electron chi connectivity index (χ3n) is 3.71. The minimum Gasteiger partial charge on any atom is -0.353 e. The Balaban J connectivity index is 2.16. The molecule has 1 saturated carbocycles. The summed E-state index contributed by atoms with van der Waals surface area (Å²) in [7, 11) is 3.38. The van der Waals surface area contributed by atoms with Gasteiger partial charge in [0.05, 0.1) is 0 Å². The van der Waals surface area contributed by atoms with E-state index < -0.39 is 5.79 Å². The van der Waals surface area contributed by atoms with Gasteiger partial charge in [-0.15, -0.1) is 5.92 Å². The summed E-state index contributed by atoms with van der Waals surface area (Å²) in [5.41, 5.74) is 0. The summed E-state index contributed by atoms with van der Waals surface area (Å²) in [6.07, 6.45) is 9.64. The molecule has 1 aliphatic rings. The molecule has 17 heavy (non-hydrogen) atoms. The molecule has 0 N–H and O–H groups in total. The molecule has 0 atom stereocenters. The maximum Gasteiger partial charge on any atom is 0.164 e. The highest BCUT2D eigenvalue weighted by molar-refractivity contribution is 5.04. The van der Waals surface area contributed by atoms with Crippen molar-refractivity contribution in [1.29, 1.82) is 0 Å². The molecule has 0 radical (unpaired) electrons. The Morgan fingerprint density at radius 2 is 1.76 bits per heavy atom. The van der Waals surface area contributed by atoms with E-state index >= 15 is 0 Å². The zero-order valence-electron chi connectivity index (χ0n) is 11.6. The maximum absolute atomic E-state index is 5.31. The van der Waals surface area contributed by atoms with Crippen LogP contribution in [0.5, 0.6) is 0 Å². The van der Waals surface area contributed by atoms with Crippen molar-refractivity contribution in [3.8, 4) is 11.8 Å². The van der Waals surface area contributed by atoms with E-state index in [2.05, 4.69) is 11.8 Å². The number of hydrogen-bond acceptors (Lipinski definition) is 2. The van der Waals surface area contributed by atoms with Crippen LogP contribution in [0, 0.1) is 17.8 Å². The zero-order valence-corrected chi connectivity index (χ0v) is 11.6. The molecular weight excluding hydrogens is 212 g/mol. The lowest BCUT2D eigenvalue weighted by Gasteiger charge is -2.25. The second-order valence-corrected chi connectivity index (χ2v) is 5.05. The molecule has 0 spiro atoms. The van der Waals surface area contributed by atoms with Gasteiger partial charge in [0.2, 0.25) is 0 Å². The third kappa shape index (κ3) is 5.57. The van der Waals surface area contributed by atoms with Crippen LogP contribution < -0.4 is 0 Å². The average Bonchev–Trinajstić information content (AvgIpc) is 2.39. The monoisotopic (exact) mass is 238 g/mol. The van der Waals surface area contributed by atoms with Crippen molar-refractivity contribution in [3.05, 3.63) is 0 Å². The Morgan fingerprint density at radius 3 is 2.35 bits per heavy atom. The molecule has 0 aromatic heterocycles. The highest BCUT2D eigenvalue weighted by Gasteiger charge is 2.21. The third-order valence-corrected chi connectivity index (χ3v) is 3.71. The van der Waals surface area contributed by atoms with E-state index in [0.29, 0.717) is 5.92 Å². The first-order valence-electron chi connectivity index (χ1n) is 6.79. The molecule has 1 rings (SSSR count). The summed E-state index contributed by atoms with van der Waals surface area (Å²) in [5, 5.41) is 0. The quantitative estimate of drug-likeness (QED) is 0.412. The van der Waals surface area contributed by atoms with E-state index in [1.807, 2.05) is 6.92 Å². The molecule has 0 unspecified atom stereocenters. The highest BCUT2D eigenvalue weighted by atomic mass is 16.7.